The molecule has 0 bridgehead atoms. The number of carbonyl (C=O) groups excluding carboxylic acids is 2. The summed E-state index contributed by atoms with van der Waals surface area (Å²) in [4.78, 5) is 32.5. The van der Waals surface area contributed by atoms with Crippen molar-refractivity contribution in [3.63, 3.8) is 0 Å². The minimum absolute atomic E-state index is 0.0436. The fourth-order valence-corrected chi connectivity index (χ4v) is 4.60. The third-order valence-corrected chi connectivity index (χ3v) is 6.55. The van der Waals surface area contributed by atoms with Crippen LogP contribution in [0.15, 0.2) is 66.9 Å². The number of halogens is 1. The lowest BCUT2D eigenvalue weighted by molar-refractivity contribution is -0.119. The van der Waals surface area contributed by atoms with Gasteiger partial charge in [-0.15, -0.1) is 0 Å². The number of likely N-dealkylation sites (tertiary alicyclic amines) is 1. The maximum absolute atomic E-state index is 14.8. The fraction of sp³-hybridized carbons (Fsp3) is 0.310. The van der Waals surface area contributed by atoms with Crippen molar-refractivity contribution >= 4 is 40.8 Å². The molecule has 1 aliphatic rings. The molecule has 1 fully saturated rings. The number of aliphatic hydroxyl groups excluding tert-OH is 1. The van der Waals surface area contributed by atoms with E-state index < -0.39 is 18.0 Å². The van der Waals surface area contributed by atoms with Gasteiger partial charge in [-0.2, -0.15) is 0 Å². The van der Waals surface area contributed by atoms with Crippen LogP contribution in [0.2, 0.25) is 0 Å². The van der Waals surface area contributed by atoms with E-state index in [0.29, 0.717) is 12.2 Å². The molecule has 4 rings (SSSR count). The predicted octanol–water partition coefficient (Wildman–Crippen LogP) is 3.99. The van der Waals surface area contributed by atoms with Crippen molar-refractivity contribution in [2.45, 2.75) is 25.4 Å². The summed E-state index contributed by atoms with van der Waals surface area (Å²) in [6.45, 7) is 2.62. The maximum atomic E-state index is 14.8. The normalized spacial score (nSPS) is 13.7. The Labute approximate surface area is 243 Å². The topological polar surface area (TPSA) is 119 Å². The number of carbonyl (C=O) groups is 2. The van der Waals surface area contributed by atoms with E-state index in [-0.39, 0.29) is 41.3 Å². The molecule has 0 saturated carbocycles. The number of hydrogen-bond acceptors (Lipinski definition) is 7. The van der Waals surface area contributed by atoms with Gasteiger partial charge in [-0.3, -0.25) is 10.1 Å². The molecule has 4 N–H and O–H groups in total. The summed E-state index contributed by atoms with van der Waals surface area (Å²) >= 11 is 5.17. The van der Waals surface area contributed by atoms with Crippen LogP contribution in [-0.2, 0) is 11.2 Å². The van der Waals surface area contributed by atoms with Gasteiger partial charge in [0.25, 0.3) is 0 Å². The van der Waals surface area contributed by atoms with E-state index in [1.54, 1.807) is 13.1 Å². The van der Waals surface area contributed by atoms with Gasteiger partial charge in [0.2, 0.25) is 5.91 Å². The lowest BCUT2D eigenvalue weighted by Gasteiger charge is -2.24. The molecule has 0 unspecified atom stereocenters. The van der Waals surface area contributed by atoms with Crippen molar-refractivity contribution in [3.05, 3.63) is 78.2 Å². The van der Waals surface area contributed by atoms with E-state index in [1.807, 2.05) is 30.3 Å². The molecule has 1 atom stereocenters. The zero-order valence-electron chi connectivity index (χ0n) is 22.7. The van der Waals surface area contributed by atoms with Gasteiger partial charge in [0.05, 0.1) is 12.5 Å². The molecule has 1 aromatic heterocycles. The number of benzene rings is 2. The lowest BCUT2D eigenvalue weighted by atomic mass is 10.1. The molecule has 1 aliphatic heterocycles. The maximum Gasteiger partial charge on any atom is 0.322 e. The molecular formula is C29H33FN6O4S. The van der Waals surface area contributed by atoms with Gasteiger partial charge < -0.3 is 30.3 Å². The number of nitrogens with zero attached hydrogens (tertiary/aromatic N) is 3. The Morgan fingerprint density at radius 3 is 2.61 bits per heavy atom. The predicted molar refractivity (Wildman–Crippen MR) is 159 cm³/mol. The number of pyridine rings is 1. The van der Waals surface area contributed by atoms with Crippen molar-refractivity contribution in [2.24, 2.45) is 0 Å². The molecule has 0 spiro atoms. The minimum atomic E-state index is -0.664. The summed E-state index contributed by atoms with van der Waals surface area (Å²) in [6, 6.07) is 16.0. The first-order chi connectivity index (χ1) is 19.7. The van der Waals surface area contributed by atoms with Crippen molar-refractivity contribution < 1.29 is 23.8 Å². The van der Waals surface area contributed by atoms with Crippen molar-refractivity contribution in [3.8, 4) is 11.5 Å². The van der Waals surface area contributed by atoms with Crippen LogP contribution < -0.4 is 20.7 Å². The van der Waals surface area contributed by atoms with E-state index in [0.717, 1.165) is 31.5 Å². The Hall–Kier alpha value is -4.13. The molecule has 12 heteroatoms. The number of aliphatic hydroxyl groups is 1. The number of β-amino-alcohol motifs (C(OH)–C–C–N with tert-alkyl or cyclic N) is 1. The average Bonchev–Trinajstić information content (AvgIpc) is 3.43. The zero-order valence-corrected chi connectivity index (χ0v) is 23.5. The van der Waals surface area contributed by atoms with Gasteiger partial charge >= 0.3 is 6.03 Å². The number of nitrogens with one attached hydrogen (secondary N) is 3. The van der Waals surface area contributed by atoms with Crippen LogP contribution in [0.5, 0.6) is 11.5 Å². The molecule has 0 radical (unpaired) electrons. The lowest BCUT2D eigenvalue weighted by Crippen LogP contribution is -2.41. The molecule has 41 heavy (non-hydrogen) atoms. The van der Waals surface area contributed by atoms with E-state index in [1.165, 1.54) is 35.4 Å². The van der Waals surface area contributed by atoms with E-state index >= 15 is 0 Å². The van der Waals surface area contributed by atoms with Gasteiger partial charge in [-0.1, -0.05) is 30.3 Å². The second-order valence-electron chi connectivity index (χ2n) is 9.76. The average molecular weight is 581 g/mol. The highest BCUT2D eigenvalue weighted by Crippen LogP contribution is 2.27. The van der Waals surface area contributed by atoms with E-state index in [2.05, 4.69) is 25.8 Å². The summed E-state index contributed by atoms with van der Waals surface area (Å²) in [6.07, 6.45) is 3.18. The fourth-order valence-electron chi connectivity index (χ4n) is 4.37. The Balaban J connectivity index is 1.27. The monoisotopic (exact) mass is 580 g/mol. The number of amides is 3. The van der Waals surface area contributed by atoms with Crippen LogP contribution in [0.3, 0.4) is 0 Å². The zero-order chi connectivity index (χ0) is 29.2. The molecule has 3 amide bonds. The molecule has 216 valence electrons. The molecular weight excluding hydrogens is 547 g/mol. The number of aromatic nitrogens is 1. The Kier molecular flexibility index (Phi) is 10.5. The SMILES string of the molecule is CN(C[C@H](O)CN1CCCC1)C(=O)Nc1cc(Oc2ccc(NC(=S)NC(=O)Cc3ccccc3)cc2F)ccn1. The molecule has 0 aliphatic carbocycles. The first-order valence-electron chi connectivity index (χ1n) is 13.3. The van der Waals surface area contributed by atoms with Gasteiger partial charge in [0, 0.05) is 44.2 Å². The van der Waals surface area contributed by atoms with Crippen molar-refractivity contribution in [1.29, 1.82) is 0 Å². The standard InChI is InChI=1S/C29H33FN6O4S/c1-35(18-22(37)19-36-13-5-6-14-36)29(39)33-26-17-23(11-12-31-26)40-25-10-9-21(16-24(25)30)32-28(41)34-27(38)15-20-7-3-2-4-8-20/h2-4,7-12,16-17,22,37H,5-6,13-15,18-19H2,1H3,(H,31,33,39)(H2,32,34,38,41)/t22-/m0/s1. The van der Waals surface area contributed by atoms with Crippen molar-refractivity contribution in [1.82, 2.24) is 20.1 Å². The highest BCUT2D eigenvalue weighted by molar-refractivity contribution is 7.80. The summed E-state index contributed by atoms with van der Waals surface area (Å²) in [5.74, 6) is -0.541. The molecule has 2 heterocycles. The molecule has 10 nitrogen and oxygen atoms in total. The third kappa shape index (κ3) is 9.48. The highest BCUT2D eigenvalue weighted by atomic mass is 32.1. The third-order valence-electron chi connectivity index (χ3n) is 6.34. The quantitative estimate of drug-likeness (QED) is 0.266. The Bertz CT molecular complexity index is 1360. The minimum Gasteiger partial charge on any atom is -0.454 e. The number of thiocarbonyl (C=S) groups is 1. The number of likely N-dealkylation sites (N-methyl/N-ethyl adjacent to an activating group) is 1. The number of urea groups is 1. The van der Waals surface area contributed by atoms with Crippen LogP contribution in [0.25, 0.3) is 0 Å². The van der Waals surface area contributed by atoms with Gasteiger partial charge in [-0.05, 0) is 61.9 Å². The Morgan fingerprint density at radius 1 is 1.12 bits per heavy atom. The van der Waals surface area contributed by atoms with Crippen LogP contribution in [0, 0.1) is 5.82 Å². The smallest absolute Gasteiger partial charge is 0.322 e. The molecule has 3 aromatic rings. The van der Waals surface area contributed by atoms with Gasteiger partial charge in [-0.25, -0.2) is 14.2 Å². The first-order valence-corrected chi connectivity index (χ1v) is 13.7. The summed E-state index contributed by atoms with van der Waals surface area (Å²) < 4.78 is 20.5. The van der Waals surface area contributed by atoms with Crippen LogP contribution in [0.4, 0.5) is 20.7 Å². The first kappa shape index (κ1) is 29.8. The highest BCUT2D eigenvalue weighted by Gasteiger charge is 2.19. The second-order valence-corrected chi connectivity index (χ2v) is 10.2. The summed E-state index contributed by atoms with van der Waals surface area (Å²) in [5, 5.41) is 18.4. The van der Waals surface area contributed by atoms with Gasteiger partial charge in [0.15, 0.2) is 16.7 Å². The Morgan fingerprint density at radius 2 is 1.88 bits per heavy atom. The number of ether oxygens (including phenoxy) is 1. The second kappa shape index (κ2) is 14.5. The van der Waals surface area contributed by atoms with E-state index in [4.69, 9.17) is 17.0 Å². The summed E-state index contributed by atoms with van der Waals surface area (Å²) in [7, 11) is 1.59. The van der Waals surface area contributed by atoms with Crippen LogP contribution in [0.1, 0.15) is 18.4 Å². The molecule has 2 aromatic carbocycles. The largest absolute Gasteiger partial charge is 0.454 e. The summed E-state index contributed by atoms with van der Waals surface area (Å²) in [5.41, 5.74) is 1.18. The number of rotatable bonds is 10. The van der Waals surface area contributed by atoms with Crippen LogP contribution in [-0.4, -0.2) is 76.3 Å². The van der Waals surface area contributed by atoms with Crippen LogP contribution >= 0.6 is 12.2 Å². The molecule has 1 saturated heterocycles. The number of hydrogen-bond donors (Lipinski definition) is 4. The van der Waals surface area contributed by atoms with Crippen molar-refractivity contribution in [2.75, 3.05) is 43.9 Å². The van der Waals surface area contributed by atoms with Gasteiger partial charge in [0.1, 0.15) is 11.6 Å². The number of anilines is 2. The van der Waals surface area contributed by atoms with E-state index in [9.17, 15) is 19.1 Å².